The molecule has 0 atom stereocenters. The van der Waals surface area contributed by atoms with Gasteiger partial charge in [-0.1, -0.05) is 126 Å². The van der Waals surface area contributed by atoms with Crippen molar-refractivity contribution in [1.29, 1.82) is 0 Å². The highest BCUT2D eigenvalue weighted by atomic mass is 79.9. The van der Waals surface area contributed by atoms with Gasteiger partial charge in [-0.25, -0.2) is 0 Å². The number of ether oxygens (including phenoxy) is 1. The van der Waals surface area contributed by atoms with E-state index in [0.29, 0.717) is 11.9 Å². The van der Waals surface area contributed by atoms with Gasteiger partial charge in [0.2, 0.25) is 0 Å². The fourth-order valence-corrected chi connectivity index (χ4v) is 3.21. The molecule has 0 N–H and O–H groups in total. The van der Waals surface area contributed by atoms with Crippen molar-refractivity contribution in [2.75, 3.05) is 11.9 Å². The van der Waals surface area contributed by atoms with Gasteiger partial charge in [0, 0.05) is 0 Å². The largest absolute Gasteiger partial charge is 0.465 e. The fourth-order valence-electron chi connectivity index (χ4n) is 3.05. The second kappa shape index (κ2) is 21.0. The lowest BCUT2D eigenvalue weighted by atomic mass is 10.0. The van der Waals surface area contributed by atoms with Gasteiger partial charge in [-0.2, -0.15) is 0 Å². The highest BCUT2D eigenvalue weighted by Gasteiger charge is 1.98. The summed E-state index contributed by atoms with van der Waals surface area (Å²) in [6.07, 6.45) is 23.3. The number of carbonyl (C=O) groups is 1. The van der Waals surface area contributed by atoms with Gasteiger partial charge in [0.15, 0.2) is 0 Å². The lowest BCUT2D eigenvalue weighted by Gasteiger charge is -2.04. The van der Waals surface area contributed by atoms with E-state index >= 15 is 0 Å². The number of hydrogen-bond acceptors (Lipinski definition) is 2. The van der Waals surface area contributed by atoms with Crippen LogP contribution in [0, 0.1) is 0 Å². The van der Waals surface area contributed by atoms with Crippen molar-refractivity contribution in [2.24, 2.45) is 0 Å². The summed E-state index contributed by atoms with van der Waals surface area (Å²) in [5, 5.41) is 0.311. The van der Waals surface area contributed by atoms with Crippen LogP contribution in [0.3, 0.4) is 0 Å². The highest BCUT2D eigenvalue weighted by molar-refractivity contribution is 9.09. The average Bonchev–Trinajstić information content (AvgIpc) is 2.60. The van der Waals surface area contributed by atoms with Crippen LogP contribution in [0.15, 0.2) is 0 Å². The SMILES string of the molecule is CCCCCCCCCCCCCCCCCCCOC(=O)CBr. The fraction of sp³-hybridized carbons (Fsp3) is 0.952. The zero-order chi connectivity index (χ0) is 17.7. The van der Waals surface area contributed by atoms with E-state index in [2.05, 4.69) is 22.9 Å². The molecular weight excluding hydrogens is 364 g/mol. The number of rotatable bonds is 19. The van der Waals surface area contributed by atoms with E-state index in [9.17, 15) is 4.79 Å². The van der Waals surface area contributed by atoms with Crippen LogP contribution in [0.25, 0.3) is 0 Å². The summed E-state index contributed by atoms with van der Waals surface area (Å²) < 4.78 is 5.03. The molecule has 0 fully saturated rings. The second-order valence-corrected chi connectivity index (χ2v) is 7.57. The number of esters is 1. The van der Waals surface area contributed by atoms with Crippen LogP contribution in [0.5, 0.6) is 0 Å². The van der Waals surface area contributed by atoms with E-state index < -0.39 is 0 Å². The quantitative estimate of drug-likeness (QED) is 0.126. The van der Waals surface area contributed by atoms with Crippen molar-refractivity contribution in [3.63, 3.8) is 0 Å². The third kappa shape index (κ3) is 20.0. The molecule has 2 nitrogen and oxygen atoms in total. The van der Waals surface area contributed by atoms with E-state index in [0.717, 1.165) is 6.42 Å². The van der Waals surface area contributed by atoms with Crippen LogP contribution < -0.4 is 0 Å². The van der Waals surface area contributed by atoms with E-state index in [-0.39, 0.29) is 5.97 Å². The summed E-state index contributed by atoms with van der Waals surface area (Å²) in [5.74, 6) is -0.147. The minimum Gasteiger partial charge on any atom is -0.465 e. The van der Waals surface area contributed by atoms with Crippen LogP contribution in [-0.4, -0.2) is 17.9 Å². The van der Waals surface area contributed by atoms with Gasteiger partial charge >= 0.3 is 5.97 Å². The van der Waals surface area contributed by atoms with Crippen LogP contribution >= 0.6 is 15.9 Å². The summed E-state index contributed by atoms with van der Waals surface area (Å²) in [6.45, 7) is 2.87. The zero-order valence-corrected chi connectivity index (χ0v) is 17.7. The number of halogens is 1. The Hall–Kier alpha value is -0.0500. The Morgan fingerprint density at radius 2 is 0.958 bits per heavy atom. The molecule has 0 aliphatic carbocycles. The van der Waals surface area contributed by atoms with Gasteiger partial charge in [0.1, 0.15) is 5.33 Å². The molecule has 0 aromatic carbocycles. The summed E-state index contributed by atoms with van der Waals surface area (Å²) in [4.78, 5) is 10.9. The Bertz CT molecular complexity index is 256. The standard InChI is InChI=1S/C21H41BrO2/c1-2-3-4-5-6-7-8-9-10-11-12-13-14-15-16-17-18-19-24-21(23)20-22/h2-20H2,1H3. The monoisotopic (exact) mass is 404 g/mol. The van der Waals surface area contributed by atoms with E-state index in [4.69, 9.17) is 4.74 Å². The Balaban J connectivity index is 2.99. The Labute approximate surface area is 159 Å². The Morgan fingerprint density at radius 3 is 1.29 bits per heavy atom. The molecule has 0 aromatic heterocycles. The van der Waals surface area contributed by atoms with E-state index in [1.807, 2.05) is 0 Å². The first-order valence-electron chi connectivity index (χ1n) is 10.5. The summed E-state index contributed by atoms with van der Waals surface area (Å²) in [7, 11) is 0. The lowest BCUT2D eigenvalue weighted by Crippen LogP contribution is -2.06. The van der Waals surface area contributed by atoms with Gasteiger partial charge in [-0.05, 0) is 6.42 Å². The van der Waals surface area contributed by atoms with Crippen LogP contribution in [0.1, 0.15) is 116 Å². The van der Waals surface area contributed by atoms with Crippen molar-refractivity contribution in [3.8, 4) is 0 Å². The number of alkyl halides is 1. The topological polar surface area (TPSA) is 26.3 Å². The molecule has 0 spiro atoms. The van der Waals surface area contributed by atoms with Crippen molar-refractivity contribution in [3.05, 3.63) is 0 Å². The summed E-state index contributed by atoms with van der Waals surface area (Å²) in [6, 6.07) is 0. The maximum Gasteiger partial charge on any atom is 0.316 e. The van der Waals surface area contributed by atoms with Crippen molar-refractivity contribution in [2.45, 2.75) is 116 Å². The predicted molar refractivity (Wildman–Crippen MR) is 109 cm³/mol. The third-order valence-corrected chi connectivity index (χ3v) is 5.08. The van der Waals surface area contributed by atoms with Gasteiger partial charge in [-0.3, -0.25) is 4.79 Å². The second-order valence-electron chi connectivity index (χ2n) is 7.01. The molecule has 0 bridgehead atoms. The first-order chi connectivity index (χ1) is 11.8. The van der Waals surface area contributed by atoms with Gasteiger partial charge in [-0.15, -0.1) is 0 Å². The molecule has 0 aliphatic rings. The molecule has 0 aliphatic heterocycles. The van der Waals surface area contributed by atoms with E-state index in [1.54, 1.807) is 0 Å². The predicted octanol–water partition coefficient (Wildman–Crippen LogP) is 7.58. The van der Waals surface area contributed by atoms with Gasteiger partial charge in [0.25, 0.3) is 0 Å². The first kappa shape index (κ1) is 23.9. The lowest BCUT2D eigenvalue weighted by molar-refractivity contribution is -0.140. The molecular formula is C21H41BrO2. The first-order valence-corrected chi connectivity index (χ1v) is 11.6. The Morgan fingerprint density at radius 1 is 0.625 bits per heavy atom. The molecule has 0 unspecified atom stereocenters. The molecule has 0 saturated heterocycles. The number of unbranched alkanes of at least 4 members (excludes halogenated alkanes) is 16. The van der Waals surface area contributed by atoms with E-state index in [1.165, 1.54) is 103 Å². The highest BCUT2D eigenvalue weighted by Crippen LogP contribution is 2.14. The maximum atomic E-state index is 10.9. The molecule has 0 aromatic rings. The average molecular weight is 405 g/mol. The third-order valence-electron chi connectivity index (χ3n) is 4.62. The number of hydrogen-bond donors (Lipinski definition) is 0. The van der Waals surface area contributed by atoms with Gasteiger partial charge < -0.3 is 4.74 Å². The zero-order valence-electron chi connectivity index (χ0n) is 16.1. The Kier molecular flexibility index (Phi) is 20.9. The molecule has 144 valence electrons. The molecule has 0 amide bonds. The van der Waals surface area contributed by atoms with Gasteiger partial charge in [0.05, 0.1) is 6.61 Å². The molecule has 0 saturated carbocycles. The van der Waals surface area contributed by atoms with Crippen molar-refractivity contribution >= 4 is 21.9 Å². The summed E-state index contributed by atoms with van der Waals surface area (Å²) in [5.41, 5.74) is 0. The van der Waals surface area contributed by atoms with Crippen LogP contribution in [0.2, 0.25) is 0 Å². The normalized spacial score (nSPS) is 10.9. The maximum absolute atomic E-state index is 10.9. The summed E-state index contributed by atoms with van der Waals surface area (Å²) >= 11 is 3.09. The molecule has 3 heteroatoms. The number of carbonyl (C=O) groups excluding carboxylic acids is 1. The van der Waals surface area contributed by atoms with Crippen LogP contribution in [-0.2, 0) is 9.53 Å². The van der Waals surface area contributed by atoms with Crippen molar-refractivity contribution in [1.82, 2.24) is 0 Å². The van der Waals surface area contributed by atoms with Crippen molar-refractivity contribution < 1.29 is 9.53 Å². The molecule has 0 heterocycles. The molecule has 24 heavy (non-hydrogen) atoms. The smallest absolute Gasteiger partial charge is 0.316 e. The minimum atomic E-state index is -0.147. The molecule has 0 radical (unpaired) electrons. The van der Waals surface area contributed by atoms with Crippen LogP contribution in [0.4, 0.5) is 0 Å². The minimum absolute atomic E-state index is 0.147. The molecule has 0 rings (SSSR count).